The Balaban J connectivity index is 1.10. The molecule has 208 valence electrons. The first-order valence-electron chi connectivity index (χ1n) is 13.2. The van der Waals surface area contributed by atoms with Crippen LogP contribution in [0, 0.1) is 0 Å². The van der Waals surface area contributed by atoms with E-state index in [1.807, 2.05) is 77.7 Å². The van der Waals surface area contributed by atoms with Gasteiger partial charge in [-0.15, -0.1) is 0 Å². The Labute approximate surface area is 249 Å². The Morgan fingerprint density at radius 1 is 0.805 bits per heavy atom. The molecule has 4 aromatic rings. The number of carbonyl (C=O) groups excluding carboxylic acids is 2. The average molecular weight is 585 g/mol. The third-order valence-electron chi connectivity index (χ3n) is 6.73. The van der Waals surface area contributed by atoms with E-state index < -0.39 is 0 Å². The number of hydrogen-bond acceptors (Lipinski definition) is 5. The molecule has 1 heterocycles. The van der Waals surface area contributed by atoms with Crippen LogP contribution in [0.2, 0.25) is 5.02 Å². The van der Waals surface area contributed by atoms with Gasteiger partial charge in [-0.05, 0) is 72.4 Å². The fourth-order valence-corrected chi connectivity index (χ4v) is 5.05. The number of nitrogens with one attached hydrogen (secondary N) is 2. The van der Waals surface area contributed by atoms with Gasteiger partial charge in [-0.2, -0.15) is 0 Å². The molecule has 9 heteroatoms. The zero-order valence-corrected chi connectivity index (χ0v) is 23.8. The maximum Gasteiger partial charge on any atom is 0.257 e. The SMILES string of the molecule is O=C(NC(=S)Nc1ccc(N2CCN(C(=O)c3ccccc3)CC2)c(Cl)c1)c1ccc(OCc2ccccc2)cc1. The Morgan fingerprint density at radius 2 is 1.46 bits per heavy atom. The molecule has 4 aromatic carbocycles. The molecular weight excluding hydrogens is 556 g/mol. The molecule has 7 nitrogen and oxygen atoms in total. The van der Waals surface area contributed by atoms with E-state index in [2.05, 4.69) is 15.5 Å². The first-order valence-corrected chi connectivity index (χ1v) is 14.0. The summed E-state index contributed by atoms with van der Waals surface area (Å²) in [6.45, 7) is 3.03. The number of rotatable bonds is 7. The van der Waals surface area contributed by atoms with Crippen LogP contribution < -0.4 is 20.3 Å². The number of piperazine rings is 1. The minimum atomic E-state index is -0.331. The summed E-state index contributed by atoms with van der Waals surface area (Å²) in [6.07, 6.45) is 0. The lowest BCUT2D eigenvalue weighted by Gasteiger charge is -2.36. The van der Waals surface area contributed by atoms with Crippen LogP contribution in [0.15, 0.2) is 103 Å². The quantitative estimate of drug-likeness (QED) is 0.259. The van der Waals surface area contributed by atoms with Gasteiger partial charge < -0.3 is 19.9 Å². The lowest BCUT2D eigenvalue weighted by molar-refractivity contribution is 0.0746. The van der Waals surface area contributed by atoms with Crippen LogP contribution >= 0.6 is 23.8 Å². The lowest BCUT2D eigenvalue weighted by atomic mass is 10.1. The van der Waals surface area contributed by atoms with E-state index in [9.17, 15) is 9.59 Å². The van der Waals surface area contributed by atoms with E-state index in [4.69, 9.17) is 28.6 Å². The topological polar surface area (TPSA) is 73.9 Å². The third kappa shape index (κ3) is 7.42. The molecule has 41 heavy (non-hydrogen) atoms. The molecule has 1 aliphatic heterocycles. The van der Waals surface area contributed by atoms with Crippen LogP contribution in [0.5, 0.6) is 5.75 Å². The van der Waals surface area contributed by atoms with Gasteiger partial charge in [0.25, 0.3) is 11.8 Å². The predicted molar refractivity (Wildman–Crippen MR) is 167 cm³/mol. The number of anilines is 2. The summed E-state index contributed by atoms with van der Waals surface area (Å²) in [4.78, 5) is 29.5. The van der Waals surface area contributed by atoms with Crippen LogP contribution in [0.25, 0.3) is 0 Å². The van der Waals surface area contributed by atoms with Gasteiger partial charge in [0.1, 0.15) is 12.4 Å². The predicted octanol–water partition coefficient (Wildman–Crippen LogP) is 6.01. The molecule has 0 bridgehead atoms. The second-order valence-electron chi connectivity index (χ2n) is 9.52. The average Bonchev–Trinajstić information content (AvgIpc) is 3.01. The minimum absolute atomic E-state index is 0.0405. The van der Waals surface area contributed by atoms with Crippen LogP contribution in [0.4, 0.5) is 11.4 Å². The Bertz CT molecular complexity index is 1510. The van der Waals surface area contributed by atoms with Crippen molar-refractivity contribution < 1.29 is 14.3 Å². The summed E-state index contributed by atoms with van der Waals surface area (Å²) in [5, 5.41) is 6.44. The molecule has 0 aromatic heterocycles. The van der Waals surface area contributed by atoms with Gasteiger partial charge in [-0.1, -0.05) is 60.1 Å². The number of nitrogens with zero attached hydrogens (tertiary/aromatic N) is 2. The summed E-state index contributed by atoms with van der Waals surface area (Å²) in [7, 11) is 0. The summed E-state index contributed by atoms with van der Waals surface area (Å²) in [5.74, 6) is 0.381. The molecule has 0 aliphatic carbocycles. The van der Waals surface area contributed by atoms with Crippen LogP contribution in [0.1, 0.15) is 26.3 Å². The molecule has 1 saturated heterocycles. The van der Waals surface area contributed by atoms with Gasteiger partial charge >= 0.3 is 0 Å². The van der Waals surface area contributed by atoms with Crippen molar-refractivity contribution in [1.82, 2.24) is 10.2 Å². The second-order valence-corrected chi connectivity index (χ2v) is 10.3. The smallest absolute Gasteiger partial charge is 0.257 e. The molecule has 0 spiro atoms. The van der Waals surface area contributed by atoms with Gasteiger partial charge in [-0.3, -0.25) is 14.9 Å². The van der Waals surface area contributed by atoms with Crippen molar-refractivity contribution in [1.29, 1.82) is 0 Å². The van der Waals surface area contributed by atoms with Crippen molar-refractivity contribution in [3.63, 3.8) is 0 Å². The van der Waals surface area contributed by atoms with Crippen LogP contribution in [-0.4, -0.2) is 48.0 Å². The number of hydrogen-bond donors (Lipinski definition) is 2. The zero-order chi connectivity index (χ0) is 28.6. The number of ether oxygens (including phenoxy) is 1. The van der Waals surface area contributed by atoms with Crippen molar-refractivity contribution in [3.8, 4) is 5.75 Å². The van der Waals surface area contributed by atoms with Crippen molar-refractivity contribution >= 4 is 52.1 Å². The van der Waals surface area contributed by atoms with Gasteiger partial charge in [0, 0.05) is 43.0 Å². The molecule has 0 radical (unpaired) electrons. The fourth-order valence-electron chi connectivity index (χ4n) is 4.54. The number of benzene rings is 4. The maximum absolute atomic E-state index is 12.7. The van der Waals surface area contributed by atoms with E-state index >= 15 is 0 Å². The Kier molecular flexibility index (Phi) is 9.13. The molecule has 2 N–H and O–H groups in total. The highest BCUT2D eigenvalue weighted by Crippen LogP contribution is 2.30. The van der Waals surface area contributed by atoms with Gasteiger partial charge in [0.05, 0.1) is 10.7 Å². The number of halogens is 1. The van der Waals surface area contributed by atoms with E-state index in [1.165, 1.54) is 0 Å². The summed E-state index contributed by atoms with van der Waals surface area (Å²) in [5.41, 5.74) is 3.76. The number of thiocarbonyl (C=S) groups is 1. The van der Waals surface area contributed by atoms with Crippen molar-refractivity contribution in [2.24, 2.45) is 0 Å². The normalized spacial score (nSPS) is 12.9. The first kappa shape index (κ1) is 28.1. The Hall–Kier alpha value is -4.40. The molecule has 2 amide bonds. The molecule has 0 saturated carbocycles. The number of amides is 2. The lowest BCUT2D eigenvalue weighted by Crippen LogP contribution is -2.48. The van der Waals surface area contributed by atoms with E-state index in [1.54, 1.807) is 30.3 Å². The maximum atomic E-state index is 12.7. The van der Waals surface area contributed by atoms with Crippen molar-refractivity contribution in [3.05, 3.63) is 125 Å². The molecule has 5 rings (SSSR count). The van der Waals surface area contributed by atoms with Crippen LogP contribution in [0.3, 0.4) is 0 Å². The standard InChI is InChI=1S/C32H29ClN4O3S/c33-28-21-26(13-16-29(28)36-17-19-37(20-18-36)31(39)25-9-5-2-6-10-25)34-32(41)35-30(38)24-11-14-27(15-12-24)40-22-23-7-3-1-4-8-23/h1-16,21H,17-20,22H2,(H2,34,35,38,41). The monoisotopic (exact) mass is 584 g/mol. The molecule has 1 fully saturated rings. The zero-order valence-electron chi connectivity index (χ0n) is 22.3. The first-order chi connectivity index (χ1) is 20.0. The molecule has 0 atom stereocenters. The highest BCUT2D eigenvalue weighted by Gasteiger charge is 2.23. The van der Waals surface area contributed by atoms with Crippen molar-refractivity contribution in [2.75, 3.05) is 36.4 Å². The van der Waals surface area contributed by atoms with Crippen LogP contribution in [-0.2, 0) is 6.61 Å². The van der Waals surface area contributed by atoms with Gasteiger partial charge in [0.15, 0.2) is 5.11 Å². The molecule has 0 unspecified atom stereocenters. The summed E-state index contributed by atoms with van der Waals surface area (Å²) < 4.78 is 5.78. The minimum Gasteiger partial charge on any atom is -0.489 e. The van der Waals surface area contributed by atoms with E-state index in [0.717, 1.165) is 11.3 Å². The van der Waals surface area contributed by atoms with Gasteiger partial charge in [0.2, 0.25) is 0 Å². The third-order valence-corrected chi connectivity index (χ3v) is 7.23. The highest BCUT2D eigenvalue weighted by molar-refractivity contribution is 7.80. The fraction of sp³-hybridized carbons (Fsp3) is 0.156. The van der Waals surface area contributed by atoms with Crippen molar-refractivity contribution in [2.45, 2.75) is 6.61 Å². The highest BCUT2D eigenvalue weighted by atomic mass is 35.5. The molecular formula is C32H29ClN4O3S. The summed E-state index contributed by atoms with van der Waals surface area (Å²) in [6, 6.07) is 31.6. The molecule has 1 aliphatic rings. The summed E-state index contributed by atoms with van der Waals surface area (Å²) >= 11 is 12.0. The Morgan fingerprint density at radius 3 is 2.12 bits per heavy atom. The number of carbonyl (C=O) groups is 2. The largest absolute Gasteiger partial charge is 0.489 e. The van der Waals surface area contributed by atoms with Gasteiger partial charge in [-0.25, -0.2) is 0 Å². The van der Waals surface area contributed by atoms with E-state index in [0.29, 0.717) is 60.4 Å². The van der Waals surface area contributed by atoms with E-state index in [-0.39, 0.29) is 16.9 Å². The second kappa shape index (κ2) is 13.3.